The van der Waals surface area contributed by atoms with Gasteiger partial charge in [-0.3, -0.25) is 4.79 Å². The summed E-state index contributed by atoms with van der Waals surface area (Å²) in [6.45, 7) is 0. The van der Waals surface area contributed by atoms with E-state index in [9.17, 15) is 23.1 Å². The van der Waals surface area contributed by atoms with E-state index in [0.29, 0.717) is 36.4 Å². The number of hydrogen-bond acceptors (Lipinski definition) is 3. The zero-order valence-corrected chi connectivity index (χ0v) is 14.5. The highest BCUT2D eigenvalue weighted by molar-refractivity contribution is 5.93. The van der Waals surface area contributed by atoms with E-state index >= 15 is 0 Å². The Kier molecular flexibility index (Phi) is 5.37. The smallest absolute Gasteiger partial charge is 0.362 e. The van der Waals surface area contributed by atoms with Crippen LogP contribution in [0.5, 0.6) is 0 Å². The monoisotopic (exact) mass is 368 g/mol. The van der Waals surface area contributed by atoms with E-state index in [1.54, 1.807) is 0 Å². The lowest BCUT2D eigenvalue weighted by atomic mass is 9.87. The van der Waals surface area contributed by atoms with Crippen molar-refractivity contribution in [2.75, 3.05) is 0 Å². The molecule has 1 fully saturated rings. The van der Waals surface area contributed by atoms with E-state index < -0.39 is 23.7 Å². The molecule has 0 spiro atoms. The van der Waals surface area contributed by atoms with Gasteiger partial charge in [0.1, 0.15) is 0 Å². The number of alkyl halides is 3. The first-order valence-corrected chi connectivity index (χ1v) is 9.07. The van der Waals surface area contributed by atoms with E-state index in [1.807, 2.05) is 30.3 Å². The number of nitrogens with zero attached hydrogens (tertiary/aromatic N) is 2. The molecule has 7 heteroatoms. The number of aryl methyl sites for hydroxylation is 1. The fourth-order valence-corrected chi connectivity index (χ4v) is 3.84. The highest BCUT2D eigenvalue weighted by atomic mass is 19.4. The maximum atomic E-state index is 13.7. The predicted molar refractivity (Wildman–Crippen MR) is 91.2 cm³/mol. The molecule has 1 N–H and O–H groups in total. The normalized spacial score (nSPS) is 26.2. The Morgan fingerprint density at radius 1 is 1.23 bits per heavy atom. The lowest BCUT2D eigenvalue weighted by Gasteiger charge is -2.37. The summed E-state index contributed by atoms with van der Waals surface area (Å²) in [5, 5.41) is 14.8. The van der Waals surface area contributed by atoms with E-state index in [1.165, 1.54) is 0 Å². The van der Waals surface area contributed by atoms with Gasteiger partial charge in [0.05, 0.1) is 5.92 Å². The summed E-state index contributed by atoms with van der Waals surface area (Å²) in [4.78, 5) is 12.5. The third-order valence-corrected chi connectivity index (χ3v) is 5.22. The zero-order chi connectivity index (χ0) is 18.8. The molecule has 142 valence electrons. The Hall–Kier alpha value is -1.89. The van der Waals surface area contributed by atoms with Crippen molar-refractivity contribution in [2.45, 2.75) is 63.3 Å². The van der Waals surface area contributed by atoms with Gasteiger partial charge in [0.2, 0.25) is 5.91 Å². The van der Waals surface area contributed by atoms with Gasteiger partial charge in [-0.2, -0.15) is 23.3 Å². The van der Waals surface area contributed by atoms with Crippen LogP contribution >= 0.6 is 0 Å². The number of hydrazone groups is 1. The molecule has 1 aromatic rings. The fraction of sp³-hybridized carbons (Fsp3) is 0.579. The molecule has 1 aromatic carbocycles. The summed E-state index contributed by atoms with van der Waals surface area (Å²) in [5.41, 5.74) is -1.89. The van der Waals surface area contributed by atoms with Crippen LogP contribution in [0.2, 0.25) is 0 Å². The van der Waals surface area contributed by atoms with Crippen LogP contribution in [0, 0.1) is 5.92 Å². The molecule has 2 atom stereocenters. The maximum absolute atomic E-state index is 13.7. The number of aliphatic hydroxyl groups is 1. The third kappa shape index (κ3) is 3.49. The lowest BCUT2D eigenvalue weighted by Crippen LogP contribution is -2.61. The Balaban J connectivity index is 1.74. The van der Waals surface area contributed by atoms with Crippen molar-refractivity contribution < 1.29 is 23.1 Å². The second kappa shape index (κ2) is 7.39. The van der Waals surface area contributed by atoms with Gasteiger partial charge in [0, 0.05) is 12.1 Å². The fourth-order valence-electron chi connectivity index (χ4n) is 3.84. The summed E-state index contributed by atoms with van der Waals surface area (Å²) in [7, 11) is 0. The highest BCUT2D eigenvalue weighted by Crippen LogP contribution is 2.47. The molecule has 0 radical (unpaired) electrons. The second-order valence-electron chi connectivity index (χ2n) is 7.01. The van der Waals surface area contributed by atoms with Crippen molar-refractivity contribution in [3.8, 4) is 0 Å². The van der Waals surface area contributed by atoms with E-state index in [2.05, 4.69) is 5.10 Å². The van der Waals surface area contributed by atoms with Crippen LogP contribution in [0.4, 0.5) is 13.2 Å². The van der Waals surface area contributed by atoms with Gasteiger partial charge in [-0.1, -0.05) is 43.2 Å². The van der Waals surface area contributed by atoms with Crippen LogP contribution in [0.1, 0.15) is 50.5 Å². The minimum atomic E-state index is -4.94. The van der Waals surface area contributed by atoms with Crippen molar-refractivity contribution in [1.82, 2.24) is 5.01 Å². The van der Waals surface area contributed by atoms with E-state index in [-0.39, 0.29) is 12.8 Å². The zero-order valence-electron chi connectivity index (χ0n) is 14.5. The largest absolute Gasteiger partial charge is 0.439 e. The number of carbonyl (C=O) groups excluding carboxylic acids is 1. The molecule has 1 heterocycles. The molecule has 0 aromatic heterocycles. The van der Waals surface area contributed by atoms with Crippen LogP contribution in [0.15, 0.2) is 35.4 Å². The second-order valence-corrected chi connectivity index (χ2v) is 7.01. The first kappa shape index (κ1) is 18.9. The number of benzene rings is 1. The molecule has 26 heavy (non-hydrogen) atoms. The van der Waals surface area contributed by atoms with Gasteiger partial charge in [-0.25, -0.2) is 0 Å². The van der Waals surface area contributed by atoms with E-state index in [4.69, 9.17) is 0 Å². The summed E-state index contributed by atoms with van der Waals surface area (Å²) in [5.74, 6) is -1.93. The van der Waals surface area contributed by atoms with Crippen molar-refractivity contribution in [2.24, 2.45) is 11.0 Å². The molecule has 0 bridgehead atoms. The van der Waals surface area contributed by atoms with Crippen molar-refractivity contribution >= 4 is 11.6 Å². The van der Waals surface area contributed by atoms with Crippen molar-refractivity contribution in [3.63, 3.8) is 0 Å². The predicted octanol–water partition coefficient (Wildman–Crippen LogP) is 4.04. The number of carbonyl (C=O) groups is 1. The number of amides is 1. The summed E-state index contributed by atoms with van der Waals surface area (Å²) in [6.07, 6.45) is -1.29. The molecule has 4 nitrogen and oxygen atoms in total. The molecule has 1 aliphatic heterocycles. The summed E-state index contributed by atoms with van der Waals surface area (Å²) in [6, 6.07) is 9.44. The quantitative estimate of drug-likeness (QED) is 0.872. The standard InChI is InChI=1S/C19H23F3N2O2/c20-19(21,22)18(26)15-11-5-2-6-12-16(15)23-24(18)17(25)13-7-10-14-8-3-1-4-9-14/h1,3-4,8-9,15,26H,2,5-7,10-13H2/t15-,18-/m1/s1. The lowest BCUT2D eigenvalue weighted by molar-refractivity contribution is -0.316. The minimum Gasteiger partial charge on any atom is -0.362 e. The average molecular weight is 368 g/mol. The Labute approximate surface area is 150 Å². The Bertz CT molecular complexity index is 675. The van der Waals surface area contributed by atoms with Crippen LogP contribution < -0.4 is 0 Å². The van der Waals surface area contributed by atoms with Crippen LogP contribution in [-0.4, -0.2) is 33.6 Å². The van der Waals surface area contributed by atoms with Gasteiger partial charge in [-0.15, -0.1) is 0 Å². The van der Waals surface area contributed by atoms with Gasteiger partial charge in [-0.05, 0) is 37.7 Å². The molecular weight excluding hydrogens is 345 g/mol. The van der Waals surface area contributed by atoms with E-state index in [0.717, 1.165) is 18.4 Å². The molecule has 1 saturated carbocycles. The van der Waals surface area contributed by atoms with Crippen LogP contribution in [-0.2, 0) is 11.2 Å². The van der Waals surface area contributed by atoms with Crippen molar-refractivity contribution in [1.29, 1.82) is 0 Å². The van der Waals surface area contributed by atoms with Gasteiger partial charge < -0.3 is 5.11 Å². The minimum absolute atomic E-state index is 0.0865. The Morgan fingerprint density at radius 2 is 1.96 bits per heavy atom. The molecule has 1 amide bonds. The maximum Gasteiger partial charge on any atom is 0.439 e. The van der Waals surface area contributed by atoms with Gasteiger partial charge in [0.25, 0.3) is 5.72 Å². The first-order valence-electron chi connectivity index (χ1n) is 9.07. The molecular formula is C19H23F3N2O2. The molecule has 1 aliphatic carbocycles. The van der Waals surface area contributed by atoms with Crippen molar-refractivity contribution in [3.05, 3.63) is 35.9 Å². The van der Waals surface area contributed by atoms with Gasteiger partial charge >= 0.3 is 6.18 Å². The molecule has 0 saturated heterocycles. The SMILES string of the molecule is O=C(CCCc1ccccc1)N1N=C2CCCCC[C@H]2[C@@]1(O)C(F)(F)F. The summed E-state index contributed by atoms with van der Waals surface area (Å²) >= 11 is 0. The number of rotatable bonds is 4. The Morgan fingerprint density at radius 3 is 2.65 bits per heavy atom. The number of hydrogen-bond donors (Lipinski definition) is 1. The number of fused-ring (bicyclic) bond motifs is 1. The molecule has 3 rings (SSSR count). The average Bonchev–Trinajstić information content (AvgIpc) is 2.75. The summed E-state index contributed by atoms with van der Waals surface area (Å²) < 4.78 is 41.2. The molecule has 2 aliphatic rings. The van der Waals surface area contributed by atoms with Crippen LogP contribution in [0.3, 0.4) is 0 Å². The molecule has 0 unspecified atom stereocenters. The first-order chi connectivity index (χ1) is 12.3. The topological polar surface area (TPSA) is 52.9 Å². The number of halogens is 3. The van der Waals surface area contributed by atoms with Crippen LogP contribution in [0.25, 0.3) is 0 Å². The third-order valence-electron chi connectivity index (χ3n) is 5.22. The van der Waals surface area contributed by atoms with Gasteiger partial charge in [0.15, 0.2) is 0 Å². The highest BCUT2D eigenvalue weighted by Gasteiger charge is 2.67.